The molecule has 0 aliphatic carbocycles. The lowest BCUT2D eigenvalue weighted by Gasteiger charge is -2.28. The van der Waals surface area contributed by atoms with Gasteiger partial charge >= 0.3 is 0 Å². The molecule has 2 aromatic rings. The van der Waals surface area contributed by atoms with Gasteiger partial charge in [0, 0.05) is 22.7 Å². The maximum atomic E-state index is 13.4. The predicted molar refractivity (Wildman–Crippen MR) is 106 cm³/mol. The number of benzene rings is 2. The largest absolute Gasteiger partial charge is 0.497 e. The number of amides is 1. The molecule has 148 valence electrons. The second-order valence-corrected chi connectivity index (χ2v) is 8.13. The molecule has 1 atom stereocenters. The second-order valence-electron chi connectivity index (χ2n) is 6.20. The van der Waals surface area contributed by atoms with Crippen LogP contribution in [0.25, 0.3) is 0 Å². The van der Waals surface area contributed by atoms with Gasteiger partial charge in [0.15, 0.2) is 9.84 Å². The number of nitrogens with zero attached hydrogens (tertiary/aromatic N) is 1. The third-order valence-corrected chi connectivity index (χ3v) is 5.79. The number of ether oxygens (including phenoxy) is 3. The van der Waals surface area contributed by atoms with Crippen molar-refractivity contribution in [1.82, 2.24) is 0 Å². The molecule has 1 aliphatic rings. The average Bonchev–Trinajstić information content (AvgIpc) is 3.07. The topological polar surface area (TPSA) is 82.1 Å². The fourth-order valence-corrected chi connectivity index (χ4v) is 4.26. The van der Waals surface area contributed by atoms with Crippen LogP contribution >= 0.6 is 0 Å². The van der Waals surface area contributed by atoms with Crippen LogP contribution in [0.3, 0.4) is 0 Å². The molecule has 1 amide bonds. The first-order valence-corrected chi connectivity index (χ1v) is 10.2. The molecule has 8 heteroatoms. The van der Waals surface area contributed by atoms with Crippen molar-refractivity contribution in [3.63, 3.8) is 0 Å². The molecule has 28 heavy (non-hydrogen) atoms. The van der Waals surface area contributed by atoms with E-state index in [1.54, 1.807) is 49.6 Å². The van der Waals surface area contributed by atoms with Gasteiger partial charge in [-0.25, -0.2) is 8.42 Å². The van der Waals surface area contributed by atoms with Crippen molar-refractivity contribution in [3.05, 3.63) is 59.5 Å². The van der Waals surface area contributed by atoms with Gasteiger partial charge < -0.3 is 19.1 Å². The normalized spacial score (nSPS) is 17.2. The summed E-state index contributed by atoms with van der Waals surface area (Å²) in [5.41, 5.74) is 0.879. The van der Waals surface area contributed by atoms with Gasteiger partial charge in [0.05, 0.1) is 33.1 Å². The van der Waals surface area contributed by atoms with Gasteiger partial charge in [-0.2, -0.15) is 0 Å². The Bertz CT molecular complexity index is 976. The van der Waals surface area contributed by atoms with Crippen LogP contribution in [0.2, 0.25) is 0 Å². The van der Waals surface area contributed by atoms with Crippen molar-refractivity contribution < 1.29 is 27.4 Å². The van der Waals surface area contributed by atoms with Crippen molar-refractivity contribution in [3.8, 4) is 17.2 Å². The molecular weight excluding hydrogens is 382 g/mol. The summed E-state index contributed by atoms with van der Waals surface area (Å²) in [7, 11) is 1.19. The molecule has 1 heterocycles. The van der Waals surface area contributed by atoms with Crippen LogP contribution in [0.1, 0.15) is 10.4 Å². The molecule has 0 saturated carbocycles. The molecule has 0 aromatic heterocycles. The van der Waals surface area contributed by atoms with Crippen molar-refractivity contribution in [2.24, 2.45) is 0 Å². The smallest absolute Gasteiger partial charge is 0.259 e. The van der Waals surface area contributed by atoms with E-state index in [2.05, 4.69) is 0 Å². The Labute approximate surface area is 164 Å². The average molecular weight is 403 g/mol. The highest BCUT2D eigenvalue weighted by Crippen LogP contribution is 2.29. The molecule has 0 bridgehead atoms. The maximum absolute atomic E-state index is 13.4. The number of hydrogen-bond acceptors (Lipinski definition) is 6. The monoisotopic (exact) mass is 403 g/mol. The number of carbonyl (C=O) groups excluding carboxylic acids is 1. The summed E-state index contributed by atoms with van der Waals surface area (Å²) < 4.78 is 39.6. The van der Waals surface area contributed by atoms with E-state index in [9.17, 15) is 13.2 Å². The van der Waals surface area contributed by atoms with Crippen molar-refractivity contribution in [2.75, 3.05) is 32.0 Å². The highest BCUT2D eigenvalue weighted by atomic mass is 32.2. The van der Waals surface area contributed by atoms with E-state index in [-0.39, 0.29) is 11.7 Å². The van der Waals surface area contributed by atoms with Crippen LogP contribution in [0.15, 0.2) is 53.9 Å². The number of rotatable bonds is 6. The van der Waals surface area contributed by atoms with Crippen LogP contribution in [0.4, 0.5) is 5.69 Å². The zero-order chi connectivity index (χ0) is 20.3. The summed E-state index contributed by atoms with van der Waals surface area (Å²) in [5, 5.41) is 1.15. The van der Waals surface area contributed by atoms with E-state index in [4.69, 9.17) is 14.2 Å². The van der Waals surface area contributed by atoms with E-state index in [1.165, 1.54) is 25.2 Å². The second kappa shape index (κ2) is 7.93. The lowest BCUT2D eigenvalue weighted by Crippen LogP contribution is -2.41. The molecule has 1 aliphatic heterocycles. The zero-order valence-corrected chi connectivity index (χ0v) is 16.6. The first-order chi connectivity index (χ1) is 13.4. The summed E-state index contributed by atoms with van der Waals surface area (Å²) in [6.45, 7) is 0. The first kappa shape index (κ1) is 19.8. The molecule has 0 fully saturated rings. The fourth-order valence-electron chi connectivity index (χ4n) is 2.99. The van der Waals surface area contributed by atoms with Crippen LogP contribution in [-0.2, 0) is 9.84 Å². The van der Waals surface area contributed by atoms with Gasteiger partial charge in [0.25, 0.3) is 5.91 Å². The van der Waals surface area contributed by atoms with Crippen molar-refractivity contribution in [1.29, 1.82) is 0 Å². The van der Waals surface area contributed by atoms with E-state index in [0.717, 1.165) is 5.41 Å². The van der Waals surface area contributed by atoms with E-state index in [1.807, 2.05) is 0 Å². The minimum atomic E-state index is -3.35. The molecule has 2 aromatic carbocycles. The molecular formula is C20H21NO6S. The van der Waals surface area contributed by atoms with E-state index >= 15 is 0 Å². The highest BCUT2D eigenvalue weighted by molar-refractivity contribution is 7.94. The van der Waals surface area contributed by atoms with E-state index < -0.39 is 15.9 Å². The molecule has 3 rings (SSSR count). The number of hydrogen-bond donors (Lipinski definition) is 0. The summed E-state index contributed by atoms with van der Waals surface area (Å²) in [6, 6.07) is 11.1. The van der Waals surface area contributed by atoms with E-state index in [0.29, 0.717) is 28.5 Å². The quantitative estimate of drug-likeness (QED) is 0.738. The van der Waals surface area contributed by atoms with Crippen LogP contribution in [-0.4, -0.2) is 47.4 Å². The predicted octanol–water partition coefficient (Wildman–Crippen LogP) is 2.67. The lowest BCUT2D eigenvalue weighted by molar-refractivity contribution is 0.0982. The van der Waals surface area contributed by atoms with Crippen molar-refractivity contribution in [2.45, 2.75) is 6.04 Å². The van der Waals surface area contributed by atoms with Crippen molar-refractivity contribution >= 4 is 21.4 Å². The zero-order valence-electron chi connectivity index (χ0n) is 15.8. The summed E-state index contributed by atoms with van der Waals surface area (Å²) in [4.78, 5) is 14.8. The summed E-state index contributed by atoms with van der Waals surface area (Å²) in [5.74, 6) is 1.02. The lowest BCUT2D eigenvalue weighted by atomic mass is 10.1. The molecule has 0 spiro atoms. The maximum Gasteiger partial charge on any atom is 0.259 e. The minimum absolute atomic E-state index is 0.175. The van der Waals surface area contributed by atoms with Gasteiger partial charge in [0.2, 0.25) is 0 Å². The molecule has 0 saturated heterocycles. The highest BCUT2D eigenvalue weighted by Gasteiger charge is 2.32. The van der Waals surface area contributed by atoms with Gasteiger partial charge in [-0.1, -0.05) is 0 Å². The molecule has 7 nitrogen and oxygen atoms in total. The number of sulfone groups is 1. The third-order valence-electron chi connectivity index (χ3n) is 4.41. The minimum Gasteiger partial charge on any atom is -0.497 e. The van der Waals surface area contributed by atoms with Crippen LogP contribution in [0, 0.1) is 0 Å². The molecule has 0 N–H and O–H groups in total. The number of anilines is 1. The molecule has 0 radical (unpaired) electrons. The number of carbonyl (C=O) groups is 1. The SMILES string of the molecule is COc1ccc(N(C(=O)c2cc(OC)cc(OC)c2)C2C=CS(=O)(=O)C2)cc1. The standard InChI is InChI=1S/C20H21NO6S/c1-25-17-6-4-15(5-7-17)21(16-8-9-28(23,24)13-16)20(22)14-10-18(26-2)12-19(11-14)27-3/h4-12,16H,13H2,1-3H3. The van der Waals surface area contributed by atoms with Gasteiger partial charge in [-0.05, 0) is 42.5 Å². The fraction of sp³-hybridized carbons (Fsp3) is 0.250. The third kappa shape index (κ3) is 4.12. The first-order valence-electron chi connectivity index (χ1n) is 8.48. The summed E-state index contributed by atoms with van der Waals surface area (Å²) >= 11 is 0. The van der Waals surface area contributed by atoms with Crippen LogP contribution in [0.5, 0.6) is 17.2 Å². The Morgan fingerprint density at radius 1 is 0.929 bits per heavy atom. The Kier molecular flexibility index (Phi) is 5.60. The Morgan fingerprint density at radius 2 is 1.50 bits per heavy atom. The van der Waals surface area contributed by atoms with Gasteiger partial charge in [0.1, 0.15) is 17.2 Å². The summed E-state index contributed by atoms with van der Waals surface area (Å²) in [6.07, 6.45) is 1.52. The number of methoxy groups -OCH3 is 3. The van der Waals surface area contributed by atoms with Crippen LogP contribution < -0.4 is 19.1 Å². The Hall–Kier alpha value is -3.00. The Balaban J connectivity index is 2.05. The van der Waals surface area contributed by atoms with Gasteiger partial charge in [-0.3, -0.25) is 4.79 Å². The van der Waals surface area contributed by atoms with Gasteiger partial charge in [-0.15, -0.1) is 0 Å². The Morgan fingerprint density at radius 3 is 1.96 bits per heavy atom. The molecule has 1 unspecified atom stereocenters.